The minimum Gasteiger partial charge on any atom is -0.312 e. The average Bonchev–Trinajstić information content (AvgIpc) is 2.75. The fourth-order valence-corrected chi connectivity index (χ4v) is 4.16. The minimum absolute atomic E-state index is 0.0806. The lowest BCUT2D eigenvalue weighted by molar-refractivity contribution is -0.117. The summed E-state index contributed by atoms with van der Waals surface area (Å²) in [5.41, 5.74) is 2.79. The number of carbonyl (C=O) groups is 1. The number of benzene rings is 1. The van der Waals surface area contributed by atoms with Gasteiger partial charge in [-0.2, -0.15) is 0 Å². The summed E-state index contributed by atoms with van der Waals surface area (Å²) in [5, 5.41) is 0. The lowest BCUT2D eigenvalue weighted by atomic mass is 10.0. The van der Waals surface area contributed by atoms with Gasteiger partial charge >= 0.3 is 0 Å². The van der Waals surface area contributed by atoms with Gasteiger partial charge in [-0.25, -0.2) is 13.1 Å². The first-order valence-electron chi connectivity index (χ1n) is 6.99. The highest BCUT2D eigenvalue weighted by molar-refractivity contribution is 7.89. The third-order valence-corrected chi connectivity index (χ3v) is 5.27. The topological polar surface area (TPSA) is 66.5 Å². The molecule has 0 bridgehead atoms. The van der Waals surface area contributed by atoms with Crippen LogP contribution < -0.4 is 9.62 Å². The molecule has 2 heterocycles. The molecule has 0 aliphatic carbocycles. The Morgan fingerprint density at radius 3 is 2.80 bits per heavy atom. The maximum Gasteiger partial charge on any atom is 0.240 e. The van der Waals surface area contributed by atoms with E-state index >= 15 is 0 Å². The number of nitrogens with zero attached hydrogens (tertiary/aromatic N) is 1. The van der Waals surface area contributed by atoms with Gasteiger partial charge < -0.3 is 4.90 Å². The maximum absolute atomic E-state index is 12.2. The van der Waals surface area contributed by atoms with Crippen LogP contribution in [0.3, 0.4) is 0 Å². The zero-order valence-electron chi connectivity index (χ0n) is 11.5. The van der Waals surface area contributed by atoms with Crippen LogP contribution in [0.1, 0.15) is 30.9 Å². The van der Waals surface area contributed by atoms with Crippen molar-refractivity contribution < 1.29 is 13.2 Å². The number of hydrogen-bond donors (Lipinski definition) is 1. The van der Waals surface area contributed by atoms with E-state index in [4.69, 9.17) is 0 Å². The molecule has 6 heteroatoms. The number of rotatable bonds is 4. The van der Waals surface area contributed by atoms with Crippen molar-refractivity contribution in [1.29, 1.82) is 0 Å². The molecule has 0 spiro atoms. The second kappa shape index (κ2) is 4.86. The molecule has 0 aromatic heterocycles. The van der Waals surface area contributed by atoms with Crippen LogP contribution in [-0.4, -0.2) is 27.4 Å². The van der Waals surface area contributed by atoms with Crippen molar-refractivity contribution in [2.45, 2.75) is 37.5 Å². The largest absolute Gasteiger partial charge is 0.312 e. The van der Waals surface area contributed by atoms with E-state index in [-0.39, 0.29) is 10.8 Å². The predicted molar refractivity (Wildman–Crippen MR) is 76.3 cm³/mol. The molecule has 0 atom stereocenters. The van der Waals surface area contributed by atoms with Gasteiger partial charge in [-0.3, -0.25) is 4.79 Å². The number of nitrogens with one attached hydrogen (secondary N) is 1. The van der Waals surface area contributed by atoms with E-state index in [1.165, 1.54) is 0 Å². The first kappa shape index (κ1) is 13.6. The van der Waals surface area contributed by atoms with Gasteiger partial charge in [0.1, 0.15) is 0 Å². The van der Waals surface area contributed by atoms with Gasteiger partial charge in [-0.05, 0) is 42.5 Å². The molecule has 5 nitrogen and oxygen atoms in total. The van der Waals surface area contributed by atoms with Gasteiger partial charge in [0.25, 0.3) is 0 Å². The summed E-state index contributed by atoms with van der Waals surface area (Å²) in [6.45, 7) is 3.10. The summed E-state index contributed by atoms with van der Waals surface area (Å²) in [7, 11) is -3.47. The molecule has 1 aromatic rings. The van der Waals surface area contributed by atoms with E-state index in [0.717, 1.165) is 42.6 Å². The molecule has 1 amide bonds. The second-order valence-corrected chi connectivity index (χ2v) is 7.08. The van der Waals surface area contributed by atoms with Gasteiger partial charge in [0.05, 0.1) is 17.0 Å². The molecule has 2 aliphatic rings. The van der Waals surface area contributed by atoms with Crippen LogP contribution in [0.4, 0.5) is 5.69 Å². The van der Waals surface area contributed by atoms with Crippen LogP contribution in [0.5, 0.6) is 0 Å². The van der Waals surface area contributed by atoms with E-state index in [1.54, 1.807) is 17.0 Å². The van der Waals surface area contributed by atoms with E-state index in [9.17, 15) is 13.2 Å². The Morgan fingerprint density at radius 2 is 2.05 bits per heavy atom. The van der Waals surface area contributed by atoms with Gasteiger partial charge in [0.15, 0.2) is 0 Å². The molecule has 0 radical (unpaired) electrons. The van der Waals surface area contributed by atoms with Gasteiger partial charge in [-0.1, -0.05) is 6.92 Å². The highest BCUT2D eigenvalue weighted by Crippen LogP contribution is 2.38. The zero-order chi connectivity index (χ0) is 14.3. The maximum atomic E-state index is 12.2. The van der Waals surface area contributed by atoms with E-state index in [1.807, 2.05) is 6.92 Å². The van der Waals surface area contributed by atoms with Crippen LogP contribution in [0.15, 0.2) is 17.0 Å². The Morgan fingerprint density at radius 1 is 1.30 bits per heavy atom. The zero-order valence-corrected chi connectivity index (χ0v) is 12.3. The van der Waals surface area contributed by atoms with Crippen molar-refractivity contribution in [3.8, 4) is 0 Å². The number of anilines is 1. The Hall–Kier alpha value is -1.40. The van der Waals surface area contributed by atoms with Gasteiger partial charge in [0, 0.05) is 13.1 Å². The molecule has 20 heavy (non-hydrogen) atoms. The fourth-order valence-electron chi connectivity index (χ4n) is 2.92. The quantitative estimate of drug-likeness (QED) is 0.907. The number of amides is 1. The summed E-state index contributed by atoms with van der Waals surface area (Å²) in [6, 6.07) is 3.38. The molecule has 2 aliphatic heterocycles. The molecule has 1 aromatic carbocycles. The lowest BCUT2D eigenvalue weighted by Gasteiger charge is -2.25. The van der Waals surface area contributed by atoms with Gasteiger partial charge in [0.2, 0.25) is 15.9 Å². The van der Waals surface area contributed by atoms with Crippen LogP contribution in [0.25, 0.3) is 0 Å². The van der Waals surface area contributed by atoms with E-state index in [0.29, 0.717) is 13.0 Å². The summed E-state index contributed by atoms with van der Waals surface area (Å²) in [4.78, 5) is 14.0. The highest BCUT2D eigenvalue weighted by Gasteiger charge is 2.33. The fraction of sp³-hybridized carbons (Fsp3) is 0.500. The molecule has 0 saturated heterocycles. The minimum atomic E-state index is -3.47. The molecule has 108 valence electrons. The number of carbonyl (C=O) groups excluding carboxylic acids is 1. The predicted octanol–water partition coefficient (Wildman–Crippen LogP) is 1.21. The van der Waals surface area contributed by atoms with Crippen LogP contribution in [0.2, 0.25) is 0 Å². The third kappa shape index (κ3) is 2.13. The Labute approximate surface area is 119 Å². The van der Waals surface area contributed by atoms with Gasteiger partial charge in [-0.15, -0.1) is 0 Å². The molecule has 1 N–H and O–H groups in total. The standard InChI is InChI=1S/C14H18N2O3S/c1-2-5-15-20(18,19)12-7-10-4-3-6-16-13(17)9-11(8-12)14(10)16/h7-8,15H,2-6,9H2,1H3. The SMILES string of the molecule is CCCNS(=O)(=O)c1cc2c3c(c1)CC(=O)N3CCC2. The normalized spacial score (nSPS) is 17.4. The smallest absolute Gasteiger partial charge is 0.240 e. The van der Waals surface area contributed by atoms with Crippen molar-refractivity contribution in [3.05, 3.63) is 23.3 Å². The summed E-state index contributed by atoms with van der Waals surface area (Å²) < 4.78 is 27.0. The van der Waals surface area contributed by atoms with E-state index < -0.39 is 10.0 Å². The third-order valence-electron chi connectivity index (χ3n) is 3.83. The first-order chi connectivity index (χ1) is 9.53. The van der Waals surface area contributed by atoms with Crippen LogP contribution >= 0.6 is 0 Å². The van der Waals surface area contributed by atoms with Crippen molar-refractivity contribution in [1.82, 2.24) is 4.72 Å². The van der Waals surface area contributed by atoms with Crippen molar-refractivity contribution >= 4 is 21.6 Å². The Kier molecular flexibility index (Phi) is 3.30. The monoisotopic (exact) mass is 294 g/mol. The number of hydrogen-bond acceptors (Lipinski definition) is 3. The molecular weight excluding hydrogens is 276 g/mol. The molecule has 0 fully saturated rings. The first-order valence-corrected chi connectivity index (χ1v) is 8.47. The molecule has 0 unspecified atom stereocenters. The second-order valence-electron chi connectivity index (χ2n) is 5.31. The van der Waals surface area contributed by atoms with Crippen LogP contribution in [0, 0.1) is 0 Å². The van der Waals surface area contributed by atoms with E-state index in [2.05, 4.69) is 4.72 Å². The summed E-state index contributed by atoms with van der Waals surface area (Å²) in [5.74, 6) is 0.0806. The molecule has 0 saturated carbocycles. The summed E-state index contributed by atoms with van der Waals surface area (Å²) in [6.07, 6.45) is 2.80. The van der Waals surface area contributed by atoms with Crippen molar-refractivity contribution in [2.24, 2.45) is 0 Å². The number of aryl methyl sites for hydroxylation is 1. The highest BCUT2D eigenvalue weighted by atomic mass is 32.2. The molecule has 3 rings (SSSR count). The lowest BCUT2D eigenvalue weighted by Crippen LogP contribution is -2.31. The Balaban J connectivity index is 2.05. The summed E-state index contributed by atoms with van der Waals surface area (Å²) >= 11 is 0. The molecular formula is C14H18N2O3S. The van der Waals surface area contributed by atoms with Crippen molar-refractivity contribution in [3.63, 3.8) is 0 Å². The Bertz CT molecular complexity index is 667. The van der Waals surface area contributed by atoms with Crippen molar-refractivity contribution in [2.75, 3.05) is 18.0 Å². The average molecular weight is 294 g/mol. The van der Waals surface area contributed by atoms with Crippen LogP contribution in [-0.2, 0) is 27.7 Å². The number of sulfonamides is 1.